The highest BCUT2D eigenvalue weighted by molar-refractivity contribution is 5.85. The summed E-state index contributed by atoms with van der Waals surface area (Å²) in [5, 5.41) is 0. The van der Waals surface area contributed by atoms with Crippen LogP contribution < -0.4 is 6.15 Å². The molecule has 90 valence electrons. The maximum atomic E-state index is 2.41. The van der Waals surface area contributed by atoms with Crippen LogP contribution in [0.4, 0.5) is 0 Å². The van der Waals surface area contributed by atoms with Gasteiger partial charge in [-0.05, 0) is 5.92 Å². The first-order valence-corrected chi connectivity index (χ1v) is 5.81. The lowest BCUT2D eigenvalue weighted by molar-refractivity contribution is 0.442. The zero-order valence-electron chi connectivity index (χ0n) is 10.3. The molecule has 0 rings (SSSR count). The fraction of sp³-hybridized carbons (Fsp3) is 1.00. The lowest BCUT2D eigenvalue weighted by atomic mass is 9.97. The van der Waals surface area contributed by atoms with E-state index in [2.05, 4.69) is 20.8 Å². The van der Waals surface area contributed by atoms with Crippen LogP contribution in [0, 0.1) is 5.92 Å². The minimum atomic E-state index is 0. The largest absolute Gasteiger partial charge is 0.344 e. The number of hydrogen-bond acceptors (Lipinski definition) is 1. The quantitative estimate of drug-likeness (QED) is 0.552. The first-order valence-electron chi connectivity index (χ1n) is 5.81. The van der Waals surface area contributed by atoms with Crippen LogP contribution in [0.5, 0.6) is 0 Å². The van der Waals surface area contributed by atoms with Gasteiger partial charge in [-0.15, -0.1) is 12.4 Å². The van der Waals surface area contributed by atoms with E-state index in [0.29, 0.717) is 0 Å². The van der Waals surface area contributed by atoms with Crippen LogP contribution in [0.3, 0.4) is 0 Å². The second-order valence-corrected chi connectivity index (χ2v) is 4.10. The summed E-state index contributed by atoms with van der Waals surface area (Å²) in [6.07, 6.45) is 11.4. The van der Waals surface area contributed by atoms with Crippen LogP contribution >= 0.6 is 12.4 Å². The van der Waals surface area contributed by atoms with E-state index in [1.165, 1.54) is 51.4 Å². The van der Waals surface area contributed by atoms with Gasteiger partial charge in [-0.2, -0.15) is 0 Å². The summed E-state index contributed by atoms with van der Waals surface area (Å²) >= 11 is 0. The Balaban J connectivity index is -0.000000605. The molecule has 14 heavy (non-hydrogen) atoms. The second kappa shape index (κ2) is 15.7. The zero-order chi connectivity index (χ0) is 9.23. The summed E-state index contributed by atoms with van der Waals surface area (Å²) in [4.78, 5) is 0. The van der Waals surface area contributed by atoms with Gasteiger partial charge in [-0.25, -0.2) is 0 Å². The Labute approximate surface area is 97.0 Å². The summed E-state index contributed by atoms with van der Waals surface area (Å²) in [7, 11) is 0. The summed E-state index contributed by atoms with van der Waals surface area (Å²) in [5.41, 5.74) is 0. The normalized spacial score (nSPS) is 9.43. The number of rotatable bonds is 8. The minimum absolute atomic E-state index is 0. The molecule has 0 bridgehead atoms. The van der Waals surface area contributed by atoms with Gasteiger partial charge < -0.3 is 6.15 Å². The molecular formula is C12H30ClN. The van der Waals surface area contributed by atoms with E-state index in [1.54, 1.807) is 0 Å². The molecular weight excluding hydrogens is 194 g/mol. The van der Waals surface area contributed by atoms with Crippen molar-refractivity contribution in [1.29, 1.82) is 0 Å². The van der Waals surface area contributed by atoms with E-state index in [-0.39, 0.29) is 18.6 Å². The molecule has 0 radical (unpaired) electrons. The molecule has 0 aromatic heterocycles. The SMILES string of the molecule is CCCCCC(C)CCCCC.Cl.N. The maximum absolute atomic E-state index is 2.41. The Morgan fingerprint density at radius 3 is 1.43 bits per heavy atom. The van der Waals surface area contributed by atoms with E-state index >= 15 is 0 Å². The molecule has 0 aromatic rings. The van der Waals surface area contributed by atoms with Crippen molar-refractivity contribution in [3.63, 3.8) is 0 Å². The maximum Gasteiger partial charge on any atom is -0.0443 e. The van der Waals surface area contributed by atoms with Gasteiger partial charge in [0.05, 0.1) is 0 Å². The van der Waals surface area contributed by atoms with Gasteiger partial charge in [-0.3, -0.25) is 0 Å². The van der Waals surface area contributed by atoms with Crippen molar-refractivity contribution in [1.82, 2.24) is 6.15 Å². The number of unbranched alkanes of at least 4 members (excludes halogenated alkanes) is 4. The van der Waals surface area contributed by atoms with E-state index in [9.17, 15) is 0 Å². The lowest BCUT2D eigenvalue weighted by Gasteiger charge is -2.09. The smallest absolute Gasteiger partial charge is 0.0443 e. The molecule has 0 unspecified atom stereocenters. The molecule has 0 saturated carbocycles. The Bertz CT molecular complexity index is 76.4. The molecule has 0 aromatic carbocycles. The van der Waals surface area contributed by atoms with Crippen molar-refractivity contribution in [2.75, 3.05) is 0 Å². The molecule has 0 saturated heterocycles. The Hall–Kier alpha value is 0.250. The molecule has 0 aliphatic carbocycles. The van der Waals surface area contributed by atoms with Gasteiger partial charge in [0.1, 0.15) is 0 Å². The van der Waals surface area contributed by atoms with Crippen LogP contribution in [-0.2, 0) is 0 Å². The van der Waals surface area contributed by atoms with Crippen LogP contribution in [0.25, 0.3) is 0 Å². The average Bonchev–Trinajstić information content (AvgIpc) is 2.06. The third kappa shape index (κ3) is 14.8. The molecule has 0 aliphatic heterocycles. The monoisotopic (exact) mass is 223 g/mol. The zero-order valence-corrected chi connectivity index (χ0v) is 11.2. The van der Waals surface area contributed by atoms with Gasteiger partial charge in [-0.1, -0.05) is 72.1 Å². The van der Waals surface area contributed by atoms with Crippen LogP contribution in [0.2, 0.25) is 0 Å². The van der Waals surface area contributed by atoms with E-state index in [4.69, 9.17) is 0 Å². The van der Waals surface area contributed by atoms with Gasteiger partial charge in [0.15, 0.2) is 0 Å². The molecule has 0 spiro atoms. The third-order valence-electron chi connectivity index (χ3n) is 2.60. The van der Waals surface area contributed by atoms with Gasteiger partial charge >= 0.3 is 0 Å². The number of hydrogen-bond donors (Lipinski definition) is 1. The van der Waals surface area contributed by atoms with Crippen molar-refractivity contribution in [2.45, 2.75) is 72.1 Å². The van der Waals surface area contributed by atoms with E-state index in [0.717, 1.165) is 5.92 Å². The predicted molar refractivity (Wildman–Crippen MR) is 69.7 cm³/mol. The van der Waals surface area contributed by atoms with Crippen molar-refractivity contribution >= 4 is 12.4 Å². The van der Waals surface area contributed by atoms with Crippen molar-refractivity contribution in [2.24, 2.45) is 5.92 Å². The van der Waals surface area contributed by atoms with E-state index in [1.807, 2.05) is 0 Å². The number of halogens is 1. The highest BCUT2D eigenvalue weighted by Gasteiger charge is 2.00. The second-order valence-electron chi connectivity index (χ2n) is 4.10. The highest BCUT2D eigenvalue weighted by atomic mass is 35.5. The molecule has 3 N–H and O–H groups in total. The molecule has 0 amide bonds. The van der Waals surface area contributed by atoms with Crippen molar-refractivity contribution in [3.8, 4) is 0 Å². The Morgan fingerprint density at radius 2 is 1.14 bits per heavy atom. The van der Waals surface area contributed by atoms with Crippen LogP contribution in [-0.4, -0.2) is 0 Å². The summed E-state index contributed by atoms with van der Waals surface area (Å²) in [6.45, 7) is 6.97. The van der Waals surface area contributed by atoms with Crippen molar-refractivity contribution in [3.05, 3.63) is 0 Å². The first-order chi connectivity index (χ1) is 5.81. The molecule has 2 heteroatoms. The van der Waals surface area contributed by atoms with Crippen LogP contribution in [0.1, 0.15) is 72.1 Å². The summed E-state index contributed by atoms with van der Waals surface area (Å²) < 4.78 is 0. The fourth-order valence-corrected chi connectivity index (χ4v) is 1.63. The molecule has 0 atom stereocenters. The third-order valence-corrected chi connectivity index (χ3v) is 2.60. The molecule has 0 fully saturated rings. The van der Waals surface area contributed by atoms with Gasteiger partial charge in [0.25, 0.3) is 0 Å². The molecule has 1 nitrogen and oxygen atoms in total. The molecule has 0 heterocycles. The van der Waals surface area contributed by atoms with E-state index < -0.39 is 0 Å². The minimum Gasteiger partial charge on any atom is -0.344 e. The van der Waals surface area contributed by atoms with Crippen LogP contribution in [0.15, 0.2) is 0 Å². The van der Waals surface area contributed by atoms with Crippen molar-refractivity contribution < 1.29 is 0 Å². The summed E-state index contributed by atoms with van der Waals surface area (Å²) in [6, 6.07) is 0. The van der Waals surface area contributed by atoms with Gasteiger partial charge in [0.2, 0.25) is 0 Å². The highest BCUT2D eigenvalue weighted by Crippen LogP contribution is 2.16. The van der Waals surface area contributed by atoms with Gasteiger partial charge in [0, 0.05) is 0 Å². The first kappa shape index (κ1) is 19.8. The standard InChI is InChI=1S/C12H26.ClH.H3N/c1-4-6-8-10-12(3)11-9-7-5-2;;/h12H,4-11H2,1-3H3;1H;1H3. The molecule has 0 aliphatic rings. The lowest BCUT2D eigenvalue weighted by Crippen LogP contribution is -1.94. The average molecular weight is 224 g/mol. The predicted octanol–water partition coefficient (Wildman–Crippen LogP) is 5.37. The Kier molecular flexibility index (Phi) is 22.2. The summed E-state index contributed by atoms with van der Waals surface area (Å²) in [5.74, 6) is 0.975. The Morgan fingerprint density at radius 1 is 0.786 bits per heavy atom. The topological polar surface area (TPSA) is 35.0 Å². The fourth-order valence-electron chi connectivity index (χ4n) is 1.63.